The molecule has 1 aromatic carbocycles. The van der Waals surface area contributed by atoms with Crippen molar-refractivity contribution in [3.05, 3.63) is 29.8 Å². The fourth-order valence-corrected chi connectivity index (χ4v) is 2.46. The number of carbonyl (C=O) groups is 4. The molecule has 0 saturated heterocycles. The molecule has 3 atom stereocenters. The first kappa shape index (κ1) is 24.2. The van der Waals surface area contributed by atoms with Gasteiger partial charge in [0.2, 0.25) is 17.7 Å². The lowest BCUT2D eigenvalue weighted by molar-refractivity contribution is -0.138. The summed E-state index contributed by atoms with van der Waals surface area (Å²) in [5.41, 5.74) is 6.54. The normalized spacial score (nSPS) is 13.6. The average Bonchev–Trinajstić information content (AvgIpc) is 2.69. The number of rotatable bonds is 11. The molecule has 12 heteroatoms. The molecule has 29 heavy (non-hydrogen) atoms. The number of carboxylic acid groups (broad SMARTS) is 1. The van der Waals surface area contributed by atoms with Crippen LogP contribution in [-0.4, -0.2) is 76.0 Å². The highest BCUT2D eigenvalue weighted by Gasteiger charge is 2.27. The van der Waals surface area contributed by atoms with Gasteiger partial charge in [-0.15, -0.1) is 0 Å². The number of benzene rings is 1. The van der Waals surface area contributed by atoms with Crippen molar-refractivity contribution in [2.45, 2.75) is 24.5 Å². The second-order valence-electron chi connectivity index (χ2n) is 6.08. The topological polar surface area (TPSA) is 191 Å². The van der Waals surface area contributed by atoms with Crippen LogP contribution in [0, 0.1) is 0 Å². The lowest BCUT2D eigenvalue weighted by atomic mass is 10.1. The van der Waals surface area contributed by atoms with Crippen LogP contribution in [-0.2, 0) is 25.6 Å². The largest absolute Gasteiger partial charge is 0.508 e. The number of aliphatic hydroxyl groups is 1. The molecule has 0 aliphatic rings. The molecule has 0 radical (unpaired) electrons. The Morgan fingerprint density at radius 1 is 1.00 bits per heavy atom. The van der Waals surface area contributed by atoms with Crippen molar-refractivity contribution in [1.29, 1.82) is 0 Å². The lowest BCUT2D eigenvalue weighted by Gasteiger charge is -2.22. The molecular weight excluding hydrogens is 404 g/mol. The predicted octanol–water partition coefficient (Wildman–Crippen LogP) is -2.65. The number of aromatic hydroxyl groups is 1. The molecule has 0 spiro atoms. The molecule has 0 aliphatic heterocycles. The van der Waals surface area contributed by atoms with E-state index in [1.807, 2.05) is 5.32 Å². The Balaban J connectivity index is 2.63. The zero-order chi connectivity index (χ0) is 22.0. The summed E-state index contributed by atoms with van der Waals surface area (Å²) in [7, 11) is 0. The van der Waals surface area contributed by atoms with Crippen molar-refractivity contribution in [2.24, 2.45) is 5.73 Å². The molecule has 0 saturated carbocycles. The molecule has 160 valence electrons. The first-order valence-electron chi connectivity index (χ1n) is 8.53. The Morgan fingerprint density at radius 3 is 2.10 bits per heavy atom. The summed E-state index contributed by atoms with van der Waals surface area (Å²) in [5.74, 6) is -3.65. The van der Waals surface area contributed by atoms with Crippen LogP contribution in [0.5, 0.6) is 5.75 Å². The number of aliphatic carboxylic acids is 1. The van der Waals surface area contributed by atoms with Gasteiger partial charge in [-0.3, -0.25) is 19.2 Å². The van der Waals surface area contributed by atoms with Crippen molar-refractivity contribution >= 4 is 36.3 Å². The van der Waals surface area contributed by atoms with Gasteiger partial charge in [0.15, 0.2) is 0 Å². The van der Waals surface area contributed by atoms with E-state index in [1.165, 1.54) is 12.1 Å². The van der Waals surface area contributed by atoms with Gasteiger partial charge < -0.3 is 37.0 Å². The van der Waals surface area contributed by atoms with E-state index in [1.54, 1.807) is 12.1 Å². The highest BCUT2D eigenvalue weighted by atomic mass is 32.1. The smallest absolute Gasteiger partial charge is 0.322 e. The summed E-state index contributed by atoms with van der Waals surface area (Å²) in [6, 6.07) is 2.59. The molecule has 1 rings (SSSR count). The van der Waals surface area contributed by atoms with Crippen LogP contribution in [0.3, 0.4) is 0 Å². The van der Waals surface area contributed by atoms with E-state index < -0.39 is 55.0 Å². The van der Waals surface area contributed by atoms with Gasteiger partial charge in [0.25, 0.3) is 0 Å². The van der Waals surface area contributed by atoms with Crippen molar-refractivity contribution in [1.82, 2.24) is 16.0 Å². The molecule has 11 nitrogen and oxygen atoms in total. The van der Waals surface area contributed by atoms with Gasteiger partial charge in [-0.2, -0.15) is 12.6 Å². The summed E-state index contributed by atoms with van der Waals surface area (Å²) >= 11 is 4.00. The summed E-state index contributed by atoms with van der Waals surface area (Å²) < 4.78 is 0. The van der Waals surface area contributed by atoms with Gasteiger partial charge in [-0.05, 0) is 24.1 Å². The predicted molar refractivity (Wildman–Crippen MR) is 105 cm³/mol. The molecule has 0 bridgehead atoms. The van der Waals surface area contributed by atoms with Gasteiger partial charge in [-0.25, -0.2) is 0 Å². The van der Waals surface area contributed by atoms with E-state index in [2.05, 4.69) is 23.3 Å². The number of nitrogens with one attached hydrogen (secondary N) is 3. The number of carbonyl (C=O) groups excluding carboxylic acids is 3. The Labute approximate surface area is 172 Å². The maximum absolute atomic E-state index is 12.3. The minimum absolute atomic E-state index is 0.0735. The first-order valence-corrected chi connectivity index (χ1v) is 9.16. The number of thiol groups is 1. The van der Waals surface area contributed by atoms with Crippen LogP contribution in [0.15, 0.2) is 24.3 Å². The van der Waals surface area contributed by atoms with Gasteiger partial charge in [0, 0.05) is 5.75 Å². The Kier molecular flexibility index (Phi) is 9.92. The lowest BCUT2D eigenvalue weighted by Crippen LogP contribution is -2.57. The molecule has 0 aliphatic carbocycles. The average molecular weight is 428 g/mol. The van der Waals surface area contributed by atoms with Crippen LogP contribution in [0.4, 0.5) is 0 Å². The summed E-state index contributed by atoms with van der Waals surface area (Å²) in [4.78, 5) is 46.8. The zero-order valence-electron chi connectivity index (χ0n) is 15.4. The molecule has 3 amide bonds. The Morgan fingerprint density at radius 2 is 1.59 bits per heavy atom. The van der Waals surface area contributed by atoms with E-state index in [0.717, 1.165) is 0 Å². The van der Waals surface area contributed by atoms with Crippen LogP contribution in [0.25, 0.3) is 0 Å². The number of nitrogens with two attached hydrogens (primary N) is 1. The van der Waals surface area contributed by atoms with E-state index in [0.29, 0.717) is 5.56 Å². The highest BCUT2D eigenvalue weighted by Crippen LogP contribution is 2.11. The van der Waals surface area contributed by atoms with Gasteiger partial charge in [0.1, 0.15) is 24.4 Å². The first-order chi connectivity index (χ1) is 13.7. The van der Waals surface area contributed by atoms with Crippen LogP contribution < -0.4 is 21.7 Å². The molecule has 0 heterocycles. The van der Waals surface area contributed by atoms with Gasteiger partial charge >= 0.3 is 5.97 Å². The number of hydrogen-bond acceptors (Lipinski definition) is 8. The number of phenolic OH excluding ortho intramolecular Hbond substituents is 1. The van der Waals surface area contributed by atoms with Crippen molar-refractivity contribution in [3.63, 3.8) is 0 Å². The third-order valence-electron chi connectivity index (χ3n) is 3.77. The number of aliphatic hydroxyl groups excluding tert-OH is 1. The molecule has 8 N–H and O–H groups in total. The number of amides is 3. The third-order valence-corrected chi connectivity index (χ3v) is 4.14. The van der Waals surface area contributed by atoms with Crippen molar-refractivity contribution in [2.75, 3.05) is 18.9 Å². The fourth-order valence-electron chi connectivity index (χ4n) is 2.20. The number of hydrogen-bond donors (Lipinski definition) is 8. The Hall–Kier alpha value is -2.83. The molecule has 0 fully saturated rings. The zero-order valence-corrected chi connectivity index (χ0v) is 16.3. The van der Waals surface area contributed by atoms with Gasteiger partial charge in [-0.1, -0.05) is 12.1 Å². The van der Waals surface area contributed by atoms with E-state index >= 15 is 0 Å². The van der Waals surface area contributed by atoms with E-state index in [-0.39, 0.29) is 17.9 Å². The van der Waals surface area contributed by atoms with Crippen LogP contribution in [0.2, 0.25) is 0 Å². The molecule has 3 unspecified atom stereocenters. The number of phenols is 1. The molecule has 1 aromatic rings. The SMILES string of the molecule is NC(Cc1ccc(O)cc1)C(=O)NC(CS)C(=O)NC(CO)C(=O)NCC(=O)O. The van der Waals surface area contributed by atoms with Crippen molar-refractivity contribution < 1.29 is 34.5 Å². The van der Waals surface area contributed by atoms with E-state index in [4.69, 9.17) is 10.8 Å². The number of carboxylic acids is 1. The maximum atomic E-state index is 12.3. The minimum Gasteiger partial charge on any atom is -0.508 e. The van der Waals surface area contributed by atoms with Gasteiger partial charge in [0.05, 0.1) is 12.6 Å². The monoisotopic (exact) mass is 428 g/mol. The fraction of sp³-hybridized carbons (Fsp3) is 0.412. The summed E-state index contributed by atoms with van der Waals surface area (Å²) in [6.45, 7) is -1.45. The quantitative estimate of drug-likeness (QED) is 0.175. The minimum atomic E-state index is -1.40. The second kappa shape index (κ2) is 11.9. The standard InChI is InChI=1S/C17H24N4O7S/c18-11(5-9-1-3-10(23)4-2-9)15(26)21-13(8-29)17(28)20-12(7-22)16(27)19-6-14(24)25/h1-4,11-13,22-23,29H,5-8,18H2,(H,19,27)(H,20,28)(H,21,26)(H,24,25). The van der Waals surface area contributed by atoms with Crippen molar-refractivity contribution in [3.8, 4) is 5.75 Å². The maximum Gasteiger partial charge on any atom is 0.322 e. The Bertz CT molecular complexity index is 729. The highest BCUT2D eigenvalue weighted by molar-refractivity contribution is 7.80. The molecular formula is C17H24N4O7S. The van der Waals surface area contributed by atoms with Crippen LogP contribution in [0.1, 0.15) is 5.56 Å². The van der Waals surface area contributed by atoms with Crippen LogP contribution >= 0.6 is 12.6 Å². The summed E-state index contributed by atoms with van der Waals surface area (Å²) in [6.07, 6.45) is 0.157. The second-order valence-corrected chi connectivity index (χ2v) is 6.44. The molecule has 0 aromatic heterocycles. The third kappa shape index (κ3) is 8.37. The van der Waals surface area contributed by atoms with E-state index in [9.17, 15) is 29.4 Å². The summed E-state index contributed by atoms with van der Waals surface area (Å²) in [5, 5.41) is 33.7.